The van der Waals surface area contributed by atoms with E-state index in [1.54, 1.807) is 18.0 Å². The van der Waals surface area contributed by atoms with Gasteiger partial charge in [0.25, 0.3) is 0 Å². The van der Waals surface area contributed by atoms with Crippen molar-refractivity contribution in [2.45, 2.75) is 11.3 Å². The third-order valence-corrected chi connectivity index (χ3v) is 3.39. The lowest BCUT2D eigenvalue weighted by Gasteiger charge is -2.04. The van der Waals surface area contributed by atoms with Gasteiger partial charge in [0.05, 0.1) is 12.1 Å². The van der Waals surface area contributed by atoms with Crippen molar-refractivity contribution in [1.29, 1.82) is 0 Å². The van der Waals surface area contributed by atoms with Crippen molar-refractivity contribution in [3.05, 3.63) is 60.4 Å². The molecule has 19 heavy (non-hydrogen) atoms. The Morgan fingerprint density at radius 1 is 1.11 bits per heavy atom. The van der Waals surface area contributed by atoms with Crippen LogP contribution in [0.15, 0.2) is 59.6 Å². The number of thioether (sulfide) groups is 1. The van der Waals surface area contributed by atoms with Gasteiger partial charge in [0.2, 0.25) is 0 Å². The highest BCUT2D eigenvalue weighted by molar-refractivity contribution is 7.99. The highest BCUT2D eigenvalue weighted by Crippen LogP contribution is 2.16. The molecule has 1 aromatic carbocycles. The number of rotatable bonds is 6. The number of ether oxygens (including phenoxy) is 1. The van der Waals surface area contributed by atoms with Gasteiger partial charge in [-0.15, -0.1) is 11.8 Å². The van der Waals surface area contributed by atoms with Crippen LogP contribution >= 0.6 is 11.8 Å². The summed E-state index contributed by atoms with van der Waals surface area (Å²) in [6.45, 7) is 0.422. The first-order valence-electron chi connectivity index (χ1n) is 6.08. The van der Waals surface area contributed by atoms with Crippen LogP contribution in [0.4, 0.5) is 0 Å². The molecule has 0 aliphatic carbocycles. The Bertz CT molecular complexity index is 502. The minimum atomic E-state index is -0.229. The fourth-order valence-corrected chi connectivity index (χ4v) is 2.29. The van der Waals surface area contributed by atoms with Crippen LogP contribution in [0.1, 0.15) is 5.69 Å². The topological polar surface area (TPSA) is 39.2 Å². The standard InChI is InChI=1S/C15H15NO2S/c17-15(12-13-6-4-5-9-16-13)18-10-11-19-14-7-2-1-3-8-14/h1-9H,10-12H2. The molecule has 3 nitrogen and oxygen atoms in total. The predicted molar refractivity (Wildman–Crippen MR) is 76.1 cm³/mol. The van der Waals surface area contributed by atoms with Crippen molar-refractivity contribution in [1.82, 2.24) is 4.98 Å². The Morgan fingerprint density at radius 3 is 2.63 bits per heavy atom. The molecule has 1 aromatic heterocycles. The minimum Gasteiger partial charge on any atom is -0.464 e. The van der Waals surface area contributed by atoms with Crippen LogP contribution in [0.5, 0.6) is 0 Å². The normalized spacial score (nSPS) is 10.1. The maximum atomic E-state index is 11.6. The molecule has 0 fully saturated rings. The number of hydrogen-bond donors (Lipinski definition) is 0. The molecule has 98 valence electrons. The van der Waals surface area contributed by atoms with Gasteiger partial charge in [0, 0.05) is 16.8 Å². The molecule has 0 aliphatic heterocycles. The minimum absolute atomic E-state index is 0.229. The Balaban J connectivity index is 1.65. The van der Waals surface area contributed by atoms with Crippen LogP contribution in [-0.2, 0) is 16.0 Å². The van der Waals surface area contributed by atoms with E-state index in [1.807, 2.05) is 48.5 Å². The summed E-state index contributed by atoms with van der Waals surface area (Å²) in [7, 11) is 0. The molecule has 0 saturated heterocycles. The van der Waals surface area contributed by atoms with E-state index >= 15 is 0 Å². The molecule has 0 amide bonds. The second-order valence-electron chi connectivity index (χ2n) is 3.88. The molecule has 0 unspecified atom stereocenters. The highest BCUT2D eigenvalue weighted by atomic mass is 32.2. The fourth-order valence-electron chi connectivity index (χ4n) is 1.53. The van der Waals surface area contributed by atoms with Crippen LogP contribution in [0.2, 0.25) is 0 Å². The molecule has 0 spiro atoms. The van der Waals surface area contributed by atoms with Gasteiger partial charge in [-0.25, -0.2) is 0 Å². The Kier molecular flexibility index (Phi) is 5.44. The van der Waals surface area contributed by atoms with Gasteiger partial charge < -0.3 is 4.74 Å². The molecule has 4 heteroatoms. The van der Waals surface area contributed by atoms with Gasteiger partial charge in [0.15, 0.2) is 0 Å². The number of hydrogen-bond acceptors (Lipinski definition) is 4. The number of esters is 1. The number of nitrogens with zero attached hydrogens (tertiary/aromatic N) is 1. The van der Waals surface area contributed by atoms with E-state index < -0.39 is 0 Å². The Morgan fingerprint density at radius 2 is 1.89 bits per heavy atom. The lowest BCUT2D eigenvalue weighted by Crippen LogP contribution is -2.11. The van der Waals surface area contributed by atoms with Crippen molar-refractivity contribution in [3.8, 4) is 0 Å². The summed E-state index contributed by atoms with van der Waals surface area (Å²) < 4.78 is 5.17. The van der Waals surface area contributed by atoms with Crippen LogP contribution < -0.4 is 0 Å². The summed E-state index contributed by atoms with van der Waals surface area (Å²) in [4.78, 5) is 16.8. The van der Waals surface area contributed by atoms with Gasteiger partial charge in [0.1, 0.15) is 6.61 Å². The van der Waals surface area contributed by atoms with E-state index in [2.05, 4.69) is 4.98 Å². The summed E-state index contributed by atoms with van der Waals surface area (Å²) in [5, 5.41) is 0. The molecule has 2 rings (SSSR count). The molecule has 0 bridgehead atoms. The van der Waals surface area contributed by atoms with Crippen LogP contribution in [0.3, 0.4) is 0 Å². The predicted octanol–water partition coefficient (Wildman–Crippen LogP) is 2.96. The highest BCUT2D eigenvalue weighted by Gasteiger charge is 2.05. The van der Waals surface area contributed by atoms with E-state index in [4.69, 9.17) is 4.74 Å². The fraction of sp³-hybridized carbons (Fsp3) is 0.200. The number of benzene rings is 1. The number of carbonyl (C=O) groups excluding carboxylic acids is 1. The number of aromatic nitrogens is 1. The van der Waals surface area contributed by atoms with Crippen molar-refractivity contribution in [2.75, 3.05) is 12.4 Å². The first-order chi connectivity index (χ1) is 9.34. The Hall–Kier alpha value is -1.81. The summed E-state index contributed by atoms with van der Waals surface area (Å²) in [6.07, 6.45) is 1.91. The third-order valence-electron chi connectivity index (χ3n) is 2.41. The molecule has 0 atom stereocenters. The second kappa shape index (κ2) is 7.59. The molecular weight excluding hydrogens is 258 g/mol. The molecule has 0 radical (unpaired) electrons. The zero-order valence-electron chi connectivity index (χ0n) is 10.5. The van der Waals surface area contributed by atoms with Crippen molar-refractivity contribution < 1.29 is 9.53 Å². The van der Waals surface area contributed by atoms with Gasteiger partial charge >= 0.3 is 5.97 Å². The number of carbonyl (C=O) groups is 1. The summed E-state index contributed by atoms with van der Waals surface area (Å²) >= 11 is 1.68. The first-order valence-corrected chi connectivity index (χ1v) is 7.06. The quantitative estimate of drug-likeness (QED) is 0.461. The van der Waals surface area contributed by atoms with E-state index in [1.165, 1.54) is 4.90 Å². The molecule has 0 N–H and O–H groups in total. The smallest absolute Gasteiger partial charge is 0.311 e. The van der Waals surface area contributed by atoms with Crippen molar-refractivity contribution in [2.24, 2.45) is 0 Å². The maximum absolute atomic E-state index is 11.6. The lowest BCUT2D eigenvalue weighted by molar-refractivity contribution is -0.142. The number of pyridine rings is 1. The van der Waals surface area contributed by atoms with Crippen LogP contribution in [0, 0.1) is 0 Å². The second-order valence-corrected chi connectivity index (χ2v) is 5.05. The van der Waals surface area contributed by atoms with E-state index in [0.29, 0.717) is 6.61 Å². The summed E-state index contributed by atoms with van der Waals surface area (Å²) in [5.41, 5.74) is 0.739. The van der Waals surface area contributed by atoms with Crippen molar-refractivity contribution in [3.63, 3.8) is 0 Å². The maximum Gasteiger partial charge on any atom is 0.311 e. The van der Waals surface area contributed by atoms with Crippen LogP contribution in [-0.4, -0.2) is 23.3 Å². The van der Waals surface area contributed by atoms with Gasteiger partial charge in [-0.2, -0.15) is 0 Å². The molecule has 2 aromatic rings. The zero-order chi connectivity index (χ0) is 13.3. The summed E-state index contributed by atoms with van der Waals surface area (Å²) in [6, 6.07) is 15.6. The average molecular weight is 273 g/mol. The van der Waals surface area contributed by atoms with Gasteiger partial charge in [-0.1, -0.05) is 24.3 Å². The van der Waals surface area contributed by atoms with Crippen LogP contribution in [0.25, 0.3) is 0 Å². The summed E-state index contributed by atoms with van der Waals surface area (Å²) in [5.74, 6) is 0.533. The molecular formula is C15H15NO2S. The monoisotopic (exact) mass is 273 g/mol. The van der Waals surface area contributed by atoms with E-state index in [-0.39, 0.29) is 12.4 Å². The van der Waals surface area contributed by atoms with Gasteiger partial charge in [-0.05, 0) is 24.3 Å². The zero-order valence-corrected chi connectivity index (χ0v) is 11.3. The van der Waals surface area contributed by atoms with E-state index in [0.717, 1.165) is 11.4 Å². The Labute approximate surface area is 117 Å². The largest absolute Gasteiger partial charge is 0.464 e. The first kappa shape index (κ1) is 13.6. The molecule has 0 aliphatic rings. The molecule has 1 heterocycles. The third kappa shape index (κ3) is 5.14. The molecule has 0 saturated carbocycles. The lowest BCUT2D eigenvalue weighted by atomic mass is 10.3. The SMILES string of the molecule is O=C(Cc1ccccn1)OCCSc1ccccc1. The average Bonchev–Trinajstić information content (AvgIpc) is 2.46. The van der Waals surface area contributed by atoms with Crippen molar-refractivity contribution >= 4 is 17.7 Å². The van der Waals surface area contributed by atoms with Gasteiger partial charge in [-0.3, -0.25) is 9.78 Å². The van der Waals surface area contributed by atoms with E-state index in [9.17, 15) is 4.79 Å².